The lowest BCUT2D eigenvalue weighted by Crippen LogP contribution is -2.31. The highest BCUT2D eigenvalue weighted by Gasteiger charge is 2.30. The molecule has 2 atom stereocenters. The summed E-state index contributed by atoms with van der Waals surface area (Å²) in [5, 5.41) is 3.10. The Morgan fingerprint density at radius 3 is 2.14 bits per heavy atom. The molecule has 1 aliphatic heterocycles. The van der Waals surface area contributed by atoms with Gasteiger partial charge in [-0.15, -0.1) is 0 Å². The topological polar surface area (TPSA) is 81.7 Å². The molecule has 2 aromatic carbocycles. The van der Waals surface area contributed by atoms with Crippen LogP contribution in [0.2, 0.25) is 0 Å². The number of amides is 1. The van der Waals surface area contributed by atoms with Crippen molar-refractivity contribution < 1.29 is 22.7 Å². The summed E-state index contributed by atoms with van der Waals surface area (Å²) >= 11 is 0. The Kier molecular flexibility index (Phi) is 6.79. The average Bonchev–Trinajstić information content (AvgIpc) is 3.06. The van der Waals surface area contributed by atoms with E-state index in [1.165, 1.54) is 0 Å². The number of carbonyl (C=O) groups is 1. The normalized spacial score (nSPS) is 18.8. The minimum absolute atomic E-state index is 0.0995. The molecule has 0 aromatic heterocycles. The van der Waals surface area contributed by atoms with Crippen LogP contribution in [0, 0.1) is 5.92 Å². The van der Waals surface area contributed by atoms with Gasteiger partial charge in [0.1, 0.15) is 11.5 Å². The van der Waals surface area contributed by atoms with Crippen LogP contribution < -0.4 is 14.8 Å². The van der Waals surface area contributed by atoms with Crippen molar-refractivity contribution in [2.45, 2.75) is 25.3 Å². The molecule has 1 amide bonds. The van der Waals surface area contributed by atoms with Crippen molar-refractivity contribution in [1.82, 2.24) is 5.32 Å². The van der Waals surface area contributed by atoms with E-state index in [1.807, 2.05) is 48.5 Å². The zero-order valence-corrected chi connectivity index (χ0v) is 17.6. The molecule has 1 saturated heterocycles. The summed E-state index contributed by atoms with van der Waals surface area (Å²) in [6, 6.07) is 15.1. The molecule has 0 bridgehead atoms. The van der Waals surface area contributed by atoms with Gasteiger partial charge >= 0.3 is 0 Å². The van der Waals surface area contributed by atoms with Crippen molar-refractivity contribution in [2.24, 2.45) is 5.92 Å². The molecule has 1 aliphatic rings. The summed E-state index contributed by atoms with van der Waals surface area (Å²) in [7, 11) is 0.246. The van der Waals surface area contributed by atoms with E-state index in [4.69, 9.17) is 9.47 Å². The molecule has 0 radical (unpaired) electrons. The van der Waals surface area contributed by atoms with E-state index in [-0.39, 0.29) is 35.8 Å². The standard InChI is InChI=1S/C22H27NO5S/c1-27-19-7-3-16(4-8-19)13-21(18-5-9-20(28-2)10-6-18)23-22(24)14-17-11-12-29(25,26)15-17/h3-10,17,21H,11-15H2,1-2H3,(H,23,24)/t17-,21+/m1/s1. The second kappa shape index (κ2) is 9.31. The average molecular weight is 418 g/mol. The molecule has 1 heterocycles. The maximum atomic E-state index is 12.7. The van der Waals surface area contributed by atoms with Gasteiger partial charge in [-0.3, -0.25) is 4.79 Å². The summed E-state index contributed by atoms with van der Waals surface area (Å²) in [6.07, 6.45) is 1.40. The number of methoxy groups -OCH3 is 2. The number of nitrogens with one attached hydrogen (secondary N) is 1. The van der Waals surface area contributed by atoms with Crippen molar-refractivity contribution in [1.29, 1.82) is 0 Å². The number of benzene rings is 2. The van der Waals surface area contributed by atoms with E-state index in [1.54, 1.807) is 14.2 Å². The molecule has 156 valence electrons. The van der Waals surface area contributed by atoms with Crippen LogP contribution in [0.3, 0.4) is 0 Å². The van der Waals surface area contributed by atoms with Crippen LogP contribution in [-0.2, 0) is 21.1 Å². The molecule has 1 N–H and O–H groups in total. The van der Waals surface area contributed by atoms with Gasteiger partial charge in [-0.2, -0.15) is 0 Å². The monoisotopic (exact) mass is 417 g/mol. The van der Waals surface area contributed by atoms with E-state index in [0.29, 0.717) is 12.8 Å². The van der Waals surface area contributed by atoms with Crippen molar-refractivity contribution in [3.8, 4) is 11.5 Å². The van der Waals surface area contributed by atoms with Crippen LogP contribution >= 0.6 is 0 Å². The Hall–Kier alpha value is -2.54. The van der Waals surface area contributed by atoms with Crippen molar-refractivity contribution >= 4 is 15.7 Å². The minimum atomic E-state index is -2.99. The molecule has 0 aliphatic carbocycles. The fourth-order valence-corrected chi connectivity index (χ4v) is 5.50. The molecule has 1 fully saturated rings. The van der Waals surface area contributed by atoms with Gasteiger partial charge in [-0.25, -0.2) is 8.42 Å². The Balaban J connectivity index is 1.73. The number of sulfone groups is 1. The van der Waals surface area contributed by atoms with Gasteiger partial charge in [0.25, 0.3) is 0 Å². The van der Waals surface area contributed by atoms with Crippen LogP contribution in [0.4, 0.5) is 0 Å². The highest BCUT2D eigenvalue weighted by molar-refractivity contribution is 7.91. The van der Waals surface area contributed by atoms with Gasteiger partial charge in [-0.05, 0) is 54.2 Å². The van der Waals surface area contributed by atoms with Crippen molar-refractivity contribution in [2.75, 3.05) is 25.7 Å². The maximum Gasteiger partial charge on any atom is 0.220 e. The first-order chi connectivity index (χ1) is 13.9. The molecule has 6 nitrogen and oxygen atoms in total. The SMILES string of the molecule is COc1ccc(C[C@H](NC(=O)C[C@H]2CCS(=O)(=O)C2)c2ccc(OC)cc2)cc1. The lowest BCUT2D eigenvalue weighted by Gasteiger charge is -2.21. The first-order valence-electron chi connectivity index (χ1n) is 9.65. The molecule has 0 spiro atoms. The van der Waals surface area contributed by atoms with E-state index in [2.05, 4.69) is 5.32 Å². The van der Waals surface area contributed by atoms with E-state index >= 15 is 0 Å². The number of rotatable bonds is 8. The Bertz CT molecular complexity index is 923. The fraction of sp³-hybridized carbons (Fsp3) is 0.409. The second-order valence-electron chi connectivity index (χ2n) is 7.42. The van der Waals surface area contributed by atoms with Crippen LogP contribution in [0.25, 0.3) is 0 Å². The second-order valence-corrected chi connectivity index (χ2v) is 9.65. The van der Waals surface area contributed by atoms with Gasteiger partial charge in [0.05, 0.1) is 31.8 Å². The van der Waals surface area contributed by atoms with Gasteiger partial charge in [0.15, 0.2) is 9.84 Å². The van der Waals surface area contributed by atoms with Crippen molar-refractivity contribution in [3.63, 3.8) is 0 Å². The third kappa shape index (κ3) is 5.97. The van der Waals surface area contributed by atoms with Gasteiger partial charge in [0.2, 0.25) is 5.91 Å². The predicted octanol–water partition coefficient (Wildman–Crippen LogP) is 2.93. The van der Waals surface area contributed by atoms with Crippen LogP contribution in [0.1, 0.15) is 30.0 Å². The lowest BCUT2D eigenvalue weighted by molar-refractivity contribution is -0.122. The largest absolute Gasteiger partial charge is 0.497 e. The van der Waals surface area contributed by atoms with E-state index in [0.717, 1.165) is 22.6 Å². The number of carbonyl (C=O) groups excluding carboxylic acids is 1. The first kappa shape index (κ1) is 21.2. The smallest absolute Gasteiger partial charge is 0.220 e. The zero-order chi connectivity index (χ0) is 20.9. The molecule has 29 heavy (non-hydrogen) atoms. The third-order valence-electron chi connectivity index (χ3n) is 5.25. The van der Waals surface area contributed by atoms with Crippen LogP contribution in [0.5, 0.6) is 11.5 Å². The van der Waals surface area contributed by atoms with Crippen LogP contribution in [-0.4, -0.2) is 40.1 Å². The Morgan fingerprint density at radius 2 is 1.62 bits per heavy atom. The molecule has 0 saturated carbocycles. The number of hydrogen-bond acceptors (Lipinski definition) is 5. The van der Waals surface area contributed by atoms with Gasteiger partial charge in [0, 0.05) is 6.42 Å². The van der Waals surface area contributed by atoms with Crippen LogP contribution in [0.15, 0.2) is 48.5 Å². The number of hydrogen-bond donors (Lipinski definition) is 1. The highest BCUT2D eigenvalue weighted by Crippen LogP contribution is 2.25. The Morgan fingerprint density at radius 1 is 1.03 bits per heavy atom. The maximum absolute atomic E-state index is 12.7. The Labute approximate surface area is 172 Å². The molecule has 3 rings (SSSR count). The van der Waals surface area contributed by atoms with Crippen molar-refractivity contribution in [3.05, 3.63) is 59.7 Å². The highest BCUT2D eigenvalue weighted by atomic mass is 32.2. The summed E-state index contributed by atoms with van der Waals surface area (Å²) < 4.78 is 33.8. The van der Waals surface area contributed by atoms with Gasteiger partial charge < -0.3 is 14.8 Å². The minimum Gasteiger partial charge on any atom is -0.497 e. The molecule has 7 heteroatoms. The molecular weight excluding hydrogens is 390 g/mol. The summed E-state index contributed by atoms with van der Waals surface area (Å²) in [4.78, 5) is 12.7. The lowest BCUT2D eigenvalue weighted by atomic mass is 9.97. The van der Waals surface area contributed by atoms with E-state index in [9.17, 15) is 13.2 Å². The van der Waals surface area contributed by atoms with Gasteiger partial charge in [-0.1, -0.05) is 24.3 Å². The molecule has 2 aromatic rings. The first-order valence-corrected chi connectivity index (χ1v) is 11.5. The third-order valence-corrected chi connectivity index (χ3v) is 7.09. The number of ether oxygens (including phenoxy) is 2. The quantitative estimate of drug-likeness (QED) is 0.714. The molecular formula is C22H27NO5S. The zero-order valence-electron chi connectivity index (χ0n) is 16.8. The summed E-state index contributed by atoms with van der Waals surface area (Å²) in [5.74, 6) is 1.59. The fourth-order valence-electron chi connectivity index (χ4n) is 3.63. The summed E-state index contributed by atoms with van der Waals surface area (Å²) in [5.41, 5.74) is 2.03. The molecule has 0 unspecified atom stereocenters. The summed E-state index contributed by atoms with van der Waals surface area (Å²) in [6.45, 7) is 0. The van der Waals surface area contributed by atoms with E-state index < -0.39 is 9.84 Å². The predicted molar refractivity (Wildman–Crippen MR) is 112 cm³/mol.